The van der Waals surface area contributed by atoms with Crippen molar-refractivity contribution < 1.29 is 49.2 Å². The molecule has 0 radical (unpaired) electrons. The van der Waals surface area contributed by atoms with Gasteiger partial charge in [-0.05, 0) is 0 Å². The van der Waals surface area contributed by atoms with Crippen LogP contribution in [0.25, 0.3) is 0 Å². The number of carbonyl (C=O) groups is 3. The van der Waals surface area contributed by atoms with Crippen LogP contribution in [0.1, 0.15) is 0 Å². The first kappa shape index (κ1) is 23.3. The van der Waals surface area contributed by atoms with Crippen LogP contribution in [0, 0.1) is 0 Å². The van der Waals surface area contributed by atoms with E-state index in [1.165, 1.54) is 27.7 Å². The average Bonchev–Trinajstić information content (AvgIpc) is 1.54. The molecule has 13 heavy (non-hydrogen) atoms. The maximum atomic E-state index is 8.85. The normalized spacial score (nSPS) is 5.77. The van der Waals surface area contributed by atoms with Gasteiger partial charge in [-0.25, -0.2) is 0 Å². The van der Waals surface area contributed by atoms with Crippen molar-refractivity contribution in [2.24, 2.45) is 0 Å². The molecule has 78 valence electrons. The molecule has 6 nitrogen and oxygen atoms in total. The molecular weight excluding hydrogens is 328 g/mol. The van der Waals surface area contributed by atoms with E-state index in [1.54, 1.807) is 0 Å². The van der Waals surface area contributed by atoms with Crippen LogP contribution in [0.3, 0.4) is 0 Å². The van der Waals surface area contributed by atoms with Gasteiger partial charge in [-0.1, -0.05) is 27.7 Å². The molecule has 3 atom stereocenters. The fraction of sp³-hybridized carbons (Fsp3) is 0. The van der Waals surface area contributed by atoms with E-state index >= 15 is 0 Å². The van der Waals surface area contributed by atoms with Crippen LogP contribution in [-0.2, 0) is 19.5 Å². The van der Waals surface area contributed by atoms with Crippen LogP contribution >= 0.6 is 27.7 Å². The van der Waals surface area contributed by atoms with E-state index in [0.29, 0.717) is 0 Å². The summed E-state index contributed by atoms with van der Waals surface area (Å²) < 4.78 is 0. The molecule has 0 aliphatic carbocycles. The summed E-state index contributed by atoms with van der Waals surface area (Å²) in [6.07, 6.45) is 0. The van der Waals surface area contributed by atoms with Gasteiger partial charge in [0.15, 0.2) is 0 Å². The minimum atomic E-state index is -1.17. The molecule has 0 aliphatic rings. The summed E-state index contributed by atoms with van der Waals surface area (Å²) in [6.45, 7) is 0. The molecule has 0 heterocycles. The number of rotatable bonds is 0. The van der Waals surface area contributed by atoms with Gasteiger partial charge in [0, 0.05) is 0 Å². The second-order valence-corrected chi connectivity index (χ2v) is 2.37. The van der Waals surface area contributed by atoms with Crippen LogP contribution < -0.4 is 15.3 Å². The number of carbonyl (C=O) groups excluding carboxylic acids is 3. The Hall–Kier alpha value is 0.323. The van der Waals surface area contributed by atoms with Gasteiger partial charge in [-0.2, -0.15) is 0 Å². The Kier molecular flexibility index (Phi) is 32.5. The summed E-state index contributed by atoms with van der Waals surface area (Å²) in [4.78, 5) is 26.6. The van der Waals surface area contributed by atoms with Crippen molar-refractivity contribution in [1.29, 1.82) is 0 Å². The number of hydrogen-bond donors (Lipinski definition) is 0. The van der Waals surface area contributed by atoms with Gasteiger partial charge in [0.1, 0.15) is 0 Å². The van der Waals surface area contributed by atoms with Crippen LogP contribution in [0.4, 0.5) is 14.4 Å². The average molecular weight is 334 g/mol. The molecule has 0 aromatic heterocycles. The Bertz CT molecular complexity index is 121. The summed E-state index contributed by atoms with van der Waals surface area (Å²) in [6, 6.07) is 0. The van der Waals surface area contributed by atoms with Crippen molar-refractivity contribution in [3.05, 3.63) is 0 Å². The third-order valence-corrected chi connectivity index (χ3v) is 0. The van der Waals surface area contributed by atoms with Gasteiger partial charge in [0.25, 0.3) is 0 Å². The molecule has 0 fully saturated rings. The largest absolute Gasteiger partial charge is 3.00 e. The summed E-state index contributed by atoms with van der Waals surface area (Å²) in [5.41, 5.74) is -3.50. The Morgan fingerprint density at radius 2 is 0.692 bits per heavy atom. The van der Waals surface area contributed by atoms with Gasteiger partial charge >= 0.3 is 19.5 Å². The van der Waals surface area contributed by atoms with E-state index in [4.69, 9.17) is 29.7 Å². The van der Waals surface area contributed by atoms with Crippen LogP contribution in [0.5, 0.6) is 0 Å². The topological polar surface area (TPSA) is 120 Å². The van der Waals surface area contributed by atoms with E-state index in [-0.39, 0.29) is 19.5 Å². The molecule has 3 unspecified atom stereocenters. The maximum absolute atomic E-state index is 8.85. The molecule has 10 heteroatoms. The Morgan fingerprint density at radius 1 is 0.692 bits per heavy atom. The Morgan fingerprint density at radius 3 is 0.692 bits per heavy atom. The summed E-state index contributed by atoms with van der Waals surface area (Å²) >= 11 is 0. The van der Waals surface area contributed by atoms with E-state index in [2.05, 4.69) is 0 Å². The molecule has 0 bridgehead atoms. The van der Waals surface area contributed by atoms with E-state index in [1.807, 2.05) is 0 Å². The Labute approximate surface area is 94.2 Å². The molecule has 0 aliphatic heterocycles. The van der Waals surface area contributed by atoms with Gasteiger partial charge in [-0.15, -0.1) is 0 Å². The minimum absolute atomic E-state index is 0. The fourth-order valence-electron chi connectivity index (χ4n) is 0. The first-order valence-corrected chi connectivity index (χ1v) is 3.82. The third kappa shape index (κ3) is 12600. The van der Waals surface area contributed by atoms with Gasteiger partial charge in [-0.3, -0.25) is 0 Å². The zero-order valence-electron chi connectivity index (χ0n) is 6.01. The molecular formula is C3H6O6P3Rh. The zero-order valence-corrected chi connectivity index (χ0v) is 11.1. The SMILES string of the molecule is O=C([O-])P.O=C([O-])P.O=C([O-])P.[Rh+3]. The molecule has 0 saturated heterocycles. The monoisotopic (exact) mass is 334 g/mol. The van der Waals surface area contributed by atoms with E-state index in [0.717, 1.165) is 0 Å². The second-order valence-electron chi connectivity index (χ2n) is 0.957. The zero-order chi connectivity index (χ0) is 10.7. The van der Waals surface area contributed by atoms with Crippen LogP contribution in [0.15, 0.2) is 0 Å². The van der Waals surface area contributed by atoms with Crippen LogP contribution in [0.2, 0.25) is 0 Å². The van der Waals surface area contributed by atoms with E-state index < -0.39 is 17.1 Å². The van der Waals surface area contributed by atoms with Crippen molar-refractivity contribution in [2.75, 3.05) is 0 Å². The van der Waals surface area contributed by atoms with E-state index in [9.17, 15) is 0 Å². The molecule has 0 N–H and O–H groups in total. The van der Waals surface area contributed by atoms with Crippen molar-refractivity contribution in [2.45, 2.75) is 0 Å². The predicted molar refractivity (Wildman–Crippen MR) is 45.3 cm³/mol. The third-order valence-electron chi connectivity index (χ3n) is 0. The number of carboxylic acid groups (broad SMARTS) is 3. The number of hydrogen-bond acceptors (Lipinski definition) is 6. The molecule has 0 aromatic carbocycles. The molecule has 0 amide bonds. The molecule has 0 spiro atoms. The van der Waals surface area contributed by atoms with Crippen LogP contribution in [-0.4, -0.2) is 17.1 Å². The van der Waals surface area contributed by atoms with Gasteiger partial charge in [0.2, 0.25) is 0 Å². The van der Waals surface area contributed by atoms with Crippen molar-refractivity contribution in [3.63, 3.8) is 0 Å². The summed E-state index contributed by atoms with van der Waals surface area (Å²) in [5.74, 6) is 0. The van der Waals surface area contributed by atoms with Gasteiger partial charge in [0.05, 0.1) is 17.1 Å². The fourth-order valence-corrected chi connectivity index (χ4v) is 0. The first-order valence-electron chi connectivity index (χ1n) is 2.09. The quantitative estimate of drug-likeness (QED) is 0.360. The van der Waals surface area contributed by atoms with Crippen molar-refractivity contribution >= 4 is 44.9 Å². The van der Waals surface area contributed by atoms with Crippen molar-refractivity contribution in [1.82, 2.24) is 0 Å². The molecule has 0 saturated carbocycles. The first-order chi connectivity index (χ1) is 5.20. The maximum Gasteiger partial charge on any atom is 3.00 e. The molecule has 0 aromatic rings. The summed E-state index contributed by atoms with van der Waals surface area (Å²) in [7, 11) is 4.39. The predicted octanol–water partition coefficient (Wildman–Crippen LogP) is -2.39. The van der Waals surface area contributed by atoms with Gasteiger partial charge < -0.3 is 29.7 Å². The second kappa shape index (κ2) is 18.2. The summed E-state index contributed by atoms with van der Waals surface area (Å²) in [5, 5.41) is 26.6. The van der Waals surface area contributed by atoms with Crippen molar-refractivity contribution in [3.8, 4) is 0 Å². The smallest absolute Gasteiger partial charge is 0.546 e. The molecule has 0 rings (SSSR count). The minimum Gasteiger partial charge on any atom is -0.546 e. The standard InChI is InChI=1S/3CH3O2P.Rh/c3*2-1(3)4;/h3*4H2,(H,2,3);/q;;;+3/p-3. The Balaban J connectivity index is -0.0000000450.